The number of allylic oxidation sites excluding steroid dienone is 1. The number of hydrogen-bond acceptors (Lipinski definition) is 3. The van der Waals surface area contributed by atoms with Crippen LogP contribution in [0.25, 0.3) is 0 Å². The van der Waals surface area contributed by atoms with Gasteiger partial charge in [0.2, 0.25) is 0 Å². The molecule has 7 atom stereocenters. The Labute approximate surface area is 139 Å². The first-order chi connectivity index (χ1) is 10.7. The Kier molecular flexibility index (Phi) is 3.89. The van der Waals surface area contributed by atoms with Gasteiger partial charge >= 0.3 is 0 Å². The highest BCUT2D eigenvalue weighted by Crippen LogP contribution is 2.63. The van der Waals surface area contributed by atoms with Crippen molar-refractivity contribution in [2.75, 3.05) is 0 Å². The third-order valence-electron chi connectivity index (χ3n) is 7.55. The first kappa shape index (κ1) is 16.9. The molecule has 0 amide bonds. The number of rotatable bonds is 2. The molecule has 3 rings (SSSR count). The van der Waals surface area contributed by atoms with E-state index in [1.165, 1.54) is 5.57 Å². The Morgan fingerprint density at radius 2 is 1.91 bits per heavy atom. The standard InChI is InChI=1S/C20H30O3/c1-5-18(2)11-13-6-7-15-19(3,14(13)10-17(18)23)9-8-16(22)20(15,4)12-21/h5,11-12,14-17,22-23H,1,6-10H2,2-4H3. The lowest BCUT2D eigenvalue weighted by Crippen LogP contribution is -2.58. The third-order valence-corrected chi connectivity index (χ3v) is 7.55. The number of carbonyl (C=O) groups is 1. The van der Waals surface area contributed by atoms with E-state index in [0.29, 0.717) is 12.3 Å². The van der Waals surface area contributed by atoms with Crippen LogP contribution < -0.4 is 0 Å². The lowest BCUT2D eigenvalue weighted by atomic mass is 9.44. The number of fused-ring (bicyclic) bond motifs is 3. The van der Waals surface area contributed by atoms with Gasteiger partial charge in [-0.1, -0.05) is 38.5 Å². The van der Waals surface area contributed by atoms with Crippen LogP contribution in [0.4, 0.5) is 0 Å². The van der Waals surface area contributed by atoms with Crippen LogP contribution in [0.3, 0.4) is 0 Å². The van der Waals surface area contributed by atoms with Crippen molar-refractivity contribution in [3.63, 3.8) is 0 Å². The van der Waals surface area contributed by atoms with Gasteiger partial charge in [-0.3, -0.25) is 0 Å². The molecular weight excluding hydrogens is 288 g/mol. The number of carbonyl (C=O) groups excluding carboxylic acids is 1. The minimum Gasteiger partial charge on any atom is -0.392 e. The first-order valence-corrected chi connectivity index (χ1v) is 8.89. The lowest BCUT2D eigenvalue weighted by molar-refractivity contribution is -0.155. The van der Waals surface area contributed by atoms with Crippen LogP contribution in [-0.4, -0.2) is 28.7 Å². The van der Waals surface area contributed by atoms with Crippen molar-refractivity contribution >= 4 is 6.29 Å². The second-order valence-electron chi connectivity index (χ2n) is 8.73. The normalized spacial score (nSPS) is 52.8. The quantitative estimate of drug-likeness (QED) is 0.607. The number of aldehydes is 1. The molecule has 0 aliphatic heterocycles. The van der Waals surface area contributed by atoms with Gasteiger partial charge < -0.3 is 15.0 Å². The molecule has 0 radical (unpaired) electrons. The smallest absolute Gasteiger partial charge is 0.128 e. The Hall–Kier alpha value is -0.930. The third kappa shape index (κ3) is 2.20. The summed E-state index contributed by atoms with van der Waals surface area (Å²) in [4.78, 5) is 11.8. The van der Waals surface area contributed by atoms with Crippen molar-refractivity contribution in [1.82, 2.24) is 0 Å². The monoisotopic (exact) mass is 318 g/mol. The maximum atomic E-state index is 11.8. The van der Waals surface area contributed by atoms with E-state index in [-0.39, 0.29) is 16.7 Å². The molecule has 3 aliphatic carbocycles. The fourth-order valence-corrected chi connectivity index (χ4v) is 5.76. The zero-order chi connectivity index (χ0) is 17.0. The van der Waals surface area contributed by atoms with Crippen molar-refractivity contribution in [1.29, 1.82) is 0 Å². The highest BCUT2D eigenvalue weighted by Gasteiger charge is 2.59. The number of aliphatic hydroxyl groups is 2. The average molecular weight is 318 g/mol. The van der Waals surface area contributed by atoms with E-state index in [0.717, 1.165) is 32.0 Å². The van der Waals surface area contributed by atoms with E-state index < -0.39 is 17.6 Å². The van der Waals surface area contributed by atoms with E-state index in [2.05, 4.69) is 19.6 Å². The molecule has 7 unspecified atom stereocenters. The lowest BCUT2D eigenvalue weighted by Gasteiger charge is -2.60. The molecule has 0 bridgehead atoms. The molecule has 128 valence electrons. The van der Waals surface area contributed by atoms with Gasteiger partial charge in [-0.15, -0.1) is 6.58 Å². The van der Waals surface area contributed by atoms with Gasteiger partial charge in [0, 0.05) is 5.41 Å². The Balaban J connectivity index is 2.03. The van der Waals surface area contributed by atoms with E-state index in [4.69, 9.17) is 0 Å². The maximum absolute atomic E-state index is 11.8. The predicted molar refractivity (Wildman–Crippen MR) is 90.7 cm³/mol. The maximum Gasteiger partial charge on any atom is 0.128 e. The summed E-state index contributed by atoms with van der Waals surface area (Å²) in [5.74, 6) is 0.481. The van der Waals surface area contributed by atoms with Crippen molar-refractivity contribution in [3.05, 3.63) is 24.3 Å². The van der Waals surface area contributed by atoms with E-state index in [1.807, 2.05) is 19.9 Å². The zero-order valence-corrected chi connectivity index (χ0v) is 14.6. The van der Waals surface area contributed by atoms with E-state index in [9.17, 15) is 15.0 Å². The second kappa shape index (κ2) is 5.29. The largest absolute Gasteiger partial charge is 0.392 e. The molecule has 3 heteroatoms. The summed E-state index contributed by atoms with van der Waals surface area (Å²) in [6.07, 6.45) is 8.30. The molecule has 0 heterocycles. The summed E-state index contributed by atoms with van der Waals surface area (Å²) in [6.45, 7) is 10.1. The summed E-state index contributed by atoms with van der Waals surface area (Å²) >= 11 is 0. The molecule has 23 heavy (non-hydrogen) atoms. The molecule has 0 aromatic carbocycles. The molecule has 3 nitrogen and oxygen atoms in total. The van der Waals surface area contributed by atoms with Gasteiger partial charge in [0.25, 0.3) is 0 Å². The minimum atomic E-state index is -0.664. The molecule has 2 saturated carbocycles. The summed E-state index contributed by atoms with van der Waals surface area (Å²) < 4.78 is 0. The fraction of sp³-hybridized carbons (Fsp3) is 0.750. The Morgan fingerprint density at radius 1 is 1.22 bits per heavy atom. The van der Waals surface area contributed by atoms with Crippen molar-refractivity contribution < 1.29 is 15.0 Å². The van der Waals surface area contributed by atoms with Crippen LogP contribution in [0.1, 0.15) is 52.9 Å². The van der Waals surface area contributed by atoms with Crippen LogP contribution in [0.5, 0.6) is 0 Å². The second-order valence-corrected chi connectivity index (χ2v) is 8.73. The van der Waals surface area contributed by atoms with Crippen LogP contribution in [0.2, 0.25) is 0 Å². The van der Waals surface area contributed by atoms with Gasteiger partial charge in [-0.05, 0) is 49.4 Å². The predicted octanol–water partition coefficient (Wildman–Crippen LogP) is 3.26. The van der Waals surface area contributed by atoms with Gasteiger partial charge in [-0.25, -0.2) is 0 Å². The van der Waals surface area contributed by atoms with Crippen molar-refractivity contribution in [2.45, 2.75) is 65.1 Å². The van der Waals surface area contributed by atoms with Gasteiger partial charge in [0.15, 0.2) is 0 Å². The average Bonchev–Trinajstić information content (AvgIpc) is 2.53. The molecule has 0 aromatic heterocycles. The molecule has 0 spiro atoms. The highest BCUT2D eigenvalue weighted by atomic mass is 16.3. The molecule has 2 N–H and O–H groups in total. The molecule has 0 aromatic rings. The molecular formula is C20H30O3. The van der Waals surface area contributed by atoms with Gasteiger partial charge in [0.1, 0.15) is 6.29 Å². The van der Waals surface area contributed by atoms with Crippen molar-refractivity contribution in [2.24, 2.45) is 28.1 Å². The number of aliphatic hydroxyl groups excluding tert-OH is 2. The fourth-order valence-electron chi connectivity index (χ4n) is 5.76. The topological polar surface area (TPSA) is 57.5 Å². The summed E-state index contributed by atoms with van der Waals surface area (Å²) in [6, 6.07) is 0. The first-order valence-electron chi connectivity index (χ1n) is 8.89. The summed E-state index contributed by atoms with van der Waals surface area (Å²) in [5, 5.41) is 21.1. The molecule has 0 saturated heterocycles. The SMILES string of the molecule is C=CC1(C)C=C2CCC3C(C)(C=O)C(O)CCC3(C)C2CC1O. The zero-order valence-electron chi connectivity index (χ0n) is 14.6. The van der Waals surface area contributed by atoms with Crippen molar-refractivity contribution in [3.8, 4) is 0 Å². The van der Waals surface area contributed by atoms with Crippen LogP contribution in [0.15, 0.2) is 24.3 Å². The van der Waals surface area contributed by atoms with Crippen LogP contribution in [0, 0.1) is 28.1 Å². The van der Waals surface area contributed by atoms with E-state index in [1.54, 1.807) is 0 Å². The Morgan fingerprint density at radius 3 is 2.52 bits per heavy atom. The van der Waals surface area contributed by atoms with Crippen LogP contribution >= 0.6 is 0 Å². The molecule has 2 fully saturated rings. The highest BCUT2D eigenvalue weighted by molar-refractivity contribution is 5.61. The van der Waals surface area contributed by atoms with Gasteiger partial charge in [0.05, 0.1) is 17.6 Å². The van der Waals surface area contributed by atoms with E-state index >= 15 is 0 Å². The van der Waals surface area contributed by atoms with Gasteiger partial charge in [-0.2, -0.15) is 0 Å². The minimum absolute atomic E-state index is 0.0253. The summed E-state index contributed by atoms with van der Waals surface area (Å²) in [7, 11) is 0. The number of hydrogen-bond donors (Lipinski definition) is 2. The summed E-state index contributed by atoms with van der Waals surface area (Å²) in [5.41, 5.74) is 0.378. The molecule has 3 aliphatic rings. The van der Waals surface area contributed by atoms with Crippen LogP contribution in [-0.2, 0) is 4.79 Å². The Bertz CT molecular complexity index is 553.